The molecule has 1 aromatic heterocycles. The van der Waals surface area contributed by atoms with E-state index in [-0.39, 0.29) is 5.41 Å². The number of benzene rings is 8. The number of rotatable bonds is 5. The second-order valence-electron chi connectivity index (χ2n) is 14.1. The molecule has 2 heteroatoms. The molecular weight excluding hydrogens is 619 g/mol. The first-order valence-corrected chi connectivity index (χ1v) is 17.7. The van der Waals surface area contributed by atoms with E-state index in [1.165, 1.54) is 49.7 Å². The maximum absolute atomic E-state index is 6.40. The highest BCUT2D eigenvalue weighted by molar-refractivity contribution is 6.23. The monoisotopic (exact) mass is 653 g/mol. The van der Waals surface area contributed by atoms with Crippen molar-refractivity contribution in [1.29, 1.82) is 0 Å². The Morgan fingerprint density at radius 2 is 1.12 bits per heavy atom. The molecular formula is C49H35NO. The largest absolute Gasteiger partial charge is 0.456 e. The van der Waals surface area contributed by atoms with Crippen molar-refractivity contribution in [3.8, 4) is 33.4 Å². The zero-order valence-electron chi connectivity index (χ0n) is 28.6. The molecule has 0 unspecified atom stereocenters. The van der Waals surface area contributed by atoms with Crippen molar-refractivity contribution in [2.24, 2.45) is 0 Å². The highest BCUT2D eigenvalue weighted by Crippen LogP contribution is 2.52. The first-order valence-electron chi connectivity index (χ1n) is 17.7. The van der Waals surface area contributed by atoms with E-state index in [1.807, 2.05) is 6.07 Å². The topological polar surface area (TPSA) is 16.4 Å². The maximum Gasteiger partial charge on any atom is 0.136 e. The predicted molar refractivity (Wildman–Crippen MR) is 214 cm³/mol. The van der Waals surface area contributed by atoms with E-state index in [0.29, 0.717) is 0 Å². The number of para-hydroxylation sites is 2. The van der Waals surface area contributed by atoms with Gasteiger partial charge in [-0.2, -0.15) is 0 Å². The standard InChI is InChI=1S/C49H35NO/c1-49(2)42-23-9-6-19-37(42)38-28-27-36(31-43(38)49)50(35-18-12-17-34(30-35)32-14-4-3-5-15-32)44-24-10-7-20-39(44)40-22-13-16-33-26-29-46-48(47(33)40)41-21-8-11-25-45(41)51-46/h3-31H,1-2H3. The molecule has 1 heterocycles. The van der Waals surface area contributed by atoms with Crippen molar-refractivity contribution in [3.05, 3.63) is 187 Å². The summed E-state index contributed by atoms with van der Waals surface area (Å²) in [6, 6.07) is 63.7. The van der Waals surface area contributed by atoms with Crippen molar-refractivity contribution in [2.45, 2.75) is 19.3 Å². The quantitative estimate of drug-likeness (QED) is 0.184. The third-order valence-electron chi connectivity index (χ3n) is 10.9. The fourth-order valence-electron chi connectivity index (χ4n) is 8.43. The number of furan rings is 1. The van der Waals surface area contributed by atoms with Crippen LogP contribution >= 0.6 is 0 Å². The molecule has 0 N–H and O–H groups in total. The molecule has 0 amide bonds. The van der Waals surface area contributed by atoms with E-state index in [0.717, 1.165) is 44.6 Å². The van der Waals surface area contributed by atoms with Gasteiger partial charge in [-0.05, 0) is 86.8 Å². The van der Waals surface area contributed by atoms with Crippen LogP contribution in [0, 0.1) is 0 Å². The lowest BCUT2D eigenvalue weighted by atomic mass is 9.82. The summed E-state index contributed by atoms with van der Waals surface area (Å²) < 4.78 is 6.40. The highest BCUT2D eigenvalue weighted by Gasteiger charge is 2.36. The average Bonchev–Trinajstić information content (AvgIpc) is 3.68. The second-order valence-corrected chi connectivity index (χ2v) is 14.1. The third-order valence-corrected chi connectivity index (χ3v) is 10.9. The molecule has 8 aromatic carbocycles. The van der Waals surface area contributed by atoms with Crippen LogP contribution in [-0.2, 0) is 5.41 Å². The van der Waals surface area contributed by atoms with Crippen LogP contribution in [-0.4, -0.2) is 0 Å². The molecule has 0 atom stereocenters. The summed E-state index contributed by atoms with van der Waals surface area (Å²) in [5.74, 6) is 0. The van der Waals surface area contributed by atoms with Gasteiger partial charge in [0.05, 0.1) is 5.69 Å². The number of hydrogen-bond acceptors (Lipinski definition) is 2. The molecule has 1 aliphatic carbocycles. The molecule has 1 aliphatic rings. The smallest absolute Gasteiger partial charge is 0.136 e. The summed E-state index contributed by atoms with van der Waals surface area (Å²) in [4.78, 5) is 2.45. The molecule has 0 saturated carbocycles. The minimum Gasteiger partial charge on any atom is -0.456 e. The van der Waals surface area contributed by atoms with Crippen LogP contribution in [0.3, 0.4) is 0 Å². The first-order chi connectivity index (χ1) is 25.1. The lowest BCUT2D eigenvalue weighted by molar-refractivity contribution is 0.660. The Hall–Kier alpha value is -6.38. The van der Waals surface area contributed by atoms with Crippen LogP contribution < -0.4 is 4.90 Å². The average molecular weight is 654 g/mol. The van der Waals surface area contributed by atoms with Crippen LogP contribution in [0.15, 0.2) is 180 Å². The summed E-state index contributed by atoms with van der Waals surface area (Å²) >= 11 is 0. The van der Waals surface area contributed by atoms with Gasteiger partial charge in [-0.1, -0.05) is 147 Å². The molecule has 10 rings (SSSR count). The van der Waals surface area contributed by atoms with Crippen molar-refractivity contribution in [3.63, 3.8) is 0 Å². The lowest BCUT2D eigenvalue weighted by Gasteiger charge is -2.30. The van der Waals surface area contributed by atoms with Crippen molar-refractivity contribution in [1.82, 2.24) is 0 Å². The molecule has 2 nitrogen and oxygen atoms in total. The van der Waals surface area contributed by atoms with Gasteiger partial charge in [-0.3, -0.25) is 0 Å². The van der Waals surface area contributed by atoms with Gasteiger partial charge in [0.15, 0.2) is 0 Å². The molecule has 9 aromatic rings. The van der Waals surface area contributed by atoms with Crippen LogP contribution in [0.5, 0.6) is 0 Å². The Morgan fingerprint density at radius 1 is 0.431 bits per heavy atom. The SMILES string of the molecule is CC1(C)c2ccccc2-c2ccc(N(c3cccc(-c4ccccc4)c3)c3ccccc3-c3cccc4ccc5oc6ccccc6c5c34)cc21. The van der Waals surface area contributed by atoms with E-state index in [2.05, 4.69) is 189 Å². The van der Waals surface area contributed by atoms with Crippen molar-refractivity contribution < 1.29 is 4.42 Å². The second kappa shape index (κ2) is 11.3. The Morgan fingerprint density at radius 3 is 2.02 bits per heavy atom. The van der Waals surface area contributed by atoms with Gasteiger partial charge >= 0.3 is 0 Å². The lowest BCUT2D eigenvalue weighted by Crippen LogP contribution is -2.17. The van der Waals surface area contributed by atoms with E-state index >= 15 is 0 Å². The molecule has 0 aliphatic heterocycles. The molecule has 0 bridgehead atoms. The molecule has 242 valence electrons. The fraction of sp³-hybridized carbons (Fsp3) is 0.0612. The zero-order valence-corrected chi connectivity index (χ0v) is 28.6. The van der Waals surface area contributed by atoms with E-state index in [1.54, 1.807) is 0 Å². The van der Waals surface area contributed by atoms with Crippen molar-refractivity contribution >= 4 is 49.8 Å². The van der Waals surface area contributed by atoms with Crippen LogP contribution in [0.25, 0.3) is 66.1 Å². The van der Waals surface area contributed by atoms with Gasteiger partial charge in [0, 0.05) is 38.5 Å². The van der Waals surface area contributed by atoms with E-state index in [9.17, 15) is 0 Å². The van der Waals surface area contributed by atoms with Gasteiger partial charge in [0.1, 0.15) is 11.2 Å². The van der Waals surface area contributed by atoms with E-state index in [4.69, 9.17) is 4.42 Å². The van der Waals surface area contributed by atoms with Crippen LogP contribution in [0.4, 0.5) is 17.1 Å². The molecule has 0 spiro atoms. The Labute approximate surface area is 297 Å². The summed E-state index contributed by atoms with van der Waals surface area (Å²) in [6.45, 7) is 4.71. The Balaban J connectivity index is 1.24. The minimum atomic E-state index is -0.122. The van der Waals surface area contributed by atoms with Crippen molar-refractivity contribution in [2.75, 3.05) is 4.90 Å². The fourth-order valence-corrected chi connectivity index (χ4v) is 8.43. The number of nitrogens with zero attached hydrogens (tertiary/aromatic N) is 1. The molecule has 0 fully saturated rings. The predicted octanol–water partition coefficient (Wildman–Crippen LogP) is 13.8. The van der Waals surface area contributed by atoms with Gasteiger partial charge in [-0.15, -0.1) is 0 Å². The van der Waals surface area contributed by atoms with Gasteiger partial charge in [0.25, 0.3) is 0 Å². The zero-order chi connectivity index (χ0) is 34.1. The summed E-state index contributed by atoms with van der Waals surface area (Å²) in [5.41, 5.74) is 15.1. The number of hydrogen-bond donors (Lipinski definition) is 0. The molecule has 0 saturated heterocycles. The number of anilines is 3. The van der Waals surface area contributed by atoms with Gasteiger partial charge in [0.2, 0.25) is 0 Å². The summed E-state index contributed by atoms with van der Waals surface area (Å²) in [7, 11) is 0. The Bertz CT molecular complexity index is 2790. The Kier molecular flexibility index (Phi) is 6.56. The third kappa shape index (κ3) is 4.57. The summed E-state index contributed by atoms with van der Waals surface area (Å²) in [6.07, 6.45) is 0. The van der Waals surface area contributed by atoms with E-state index < -0.39 is 0 Å². The molecule has 51 heavy (non-hydrogen) atoms. The minimum absolute atomic E-state index is 0.122. The normalized spacial score (nSPS) is 13.1. The molecule has 0 radical (unpaired) electrons. The van der Waals surface area contributed by atoms with Crippen LogP contribution in [0.1, 0.15) is 25.0 Å². The first kappa shape index (κ1) is 29.5. The van der Waals surface area contributed by atoms with Crippen LogP contribution in [0.2, 0.25) is 0 Å². The maximum atomic E-state index is 6.40. The number of fused-ring (bicyclic) bond motifs is 8. The van der Waals surface area contributed by atoms with Gasteiger partial charge in [-0.25, -0.2) is 0 Å². The highest BCUT2D eigenvalue weighted by atomic mass is 16.3. The van der Waals surface area contributed by atoms with Gasteiger partial charge < -0.3 is 9.32 Å². The summed E-state index contributed by atoms with van der Waals surface area (Å²) in [5, 5.41) is 4.69.